The number of likely N-dealkylation sites (N-methyl/N-ethyl adjacent to an activating group) is 1. The molecule has 5 heteroatoms. The molecule has 5 nitrogen and oxygen atoms in total. The second kappa shape index (κ2) is 7.61. The van der Waals surface area contributed by atoms with Crippen LogP contribution in [0.15, 0.2) is 24.3 Å². The number of likely N-dealkylation sites (tertiary alicyclic amines) is 1. The van der Waals surface area contributed by atoms with E-state index in [9.17, 15) is 9.90 Å². The minimum absolute atomic E-state index is 0.150. The van der Waals surface area contributed by atoms with Gasteiger partial charge in [0.05, 0.1) is 12.6 Å². The maximum Gasteiger partial charge on any atom is 0.236 e. The Morgan fingerprint density at radius 3 is 2.50 bits per heavy atom. The number of carbonyl (C=O) groups excluding carboxylic acids is 1. The van der Waals surface area contributed by atoms with Crippen LogP contribution in [0.25, 0.3) is 0 Å². The number of hydrogen-bond acceptors (Lipinski definition) is 4. The first-order valence-corrected chi connectivity index (χ1v) is 7.87. The van der Waals surface area contributed by atoms with Crippen LogP contribution < -0.4 is 4.90 Å². The fourth-order valence-corrected chi connectivity index (χ4v) is 2.87. The zero-order chi connectivity index (χ0) is 16.1. The Bertz CT molecular complexity index is 496. The number of benzene rings is 1. The van der Waals surface area contributed by atoms with E-state index in [0.29, 0.717) is 32.5 Å². The third kappa shape index (κ3) is 4.45. The summed E-state index contributed by atoms with van der Waals surface area (Å²) in [4.78, 5) is 18.3. The van der Waals surface area contributed by atoms with Gasteiger partial charge in [-0.05, 0) is 31.5 Å². The third-order valence-electron chi connectivity index (χ3n) is 4.14. The molecule has 0 bridgehead atoms. The van der Waals surface area contributed by atoms with Gasteiger partial charge in [0.2, 0.25) is 5.91 Å². The number of para-hydroxylation sites is 1. The smallest absolute Gasteiger partial charge is 0.236 e. The maximum absolute atomic E-state index is 12.3. The molecule has 1 saturated heterocycles. The van der Waals surface area contributed by atoms with Crippen LogP contribution in [0.3, 0.4) is 0 Å². The summed E-state index contributed by atoms with van der Waals surface area (Å²) in [6.45, 7) is 2.50. The van der Waals surface area contributed by atoms with E-state index in [-0.39, 0.29) is 12.0 Å². The van der Waals surface area contributed by atoms with E-state index in [2.05, 4.69) is 21.9 Å². The number of aliphatic hydroxyl groups is 1. The maximum atomic E-state index is 12.3. The molecule has 1 amide bonds. The number of amides is 1. The average Bonchev–Trinajstić information content (AvgIpc) is 2.48. The summed E-state index contributed by atoms with van der Waals surface area (Å²) in [6, 6.07) is 8.26. The highest BCUT2D eigenvalue weighted by molar-refractivity contribution is 5.78. The third-order valence-corrected chi connectivity index (χ3v) is 4.14. The van der Waals surface area contributed by atoms with Crippen molar-refractivity contribution in [2.24, 2.45) is 0 Å². The zero-order valence-electron chi connectivity index (χ0n) is 13.8. The Hall–Kier alpha value is -1.59. The fourth-order valence-electron chi connectivity index (χ4n) is 2.87. The molecule has 0 radical (unpaired) electrons. The van der Waals surface area contributed by atoms with Crippen LogP contribution in [-0.2, 0) is 11.3 Å². The number of piperidine rings is 1. The number of aliphatic hydroxyl groups excluding tert-OH is 1. The molecule has 1 aliphatic heterocycles. The summed E-state index contributed by atoms with van der Waals surface area (Å²) >= 11 is 0. The molecule has 1 aliphatic rings. The monoisotopic (exact) mass is 305 g/mol. The molecule has 0 aromatic heterocycles. The summed E-state index contributed by atoms with van der Waals surface area (Å²) in [6.07, 6.45) is 1.14. The standard InChI is InChI=1S/C17H27N3O2/c1-18(2)16-7-5-4-6-14(16)12-19(3)13-17(22)20-10-8-15(21)9-11-20/h4-7,15,21H,8-13H2,1-3H3. The van der Waals surface area contributed by atoms with Crippen molar-refractivity contribution in [3.63, 3.8) is 0 Å². The van der Waals surface area contributed by atoms with Gasteiger partial charge >= 0.3 is 0 Å². The van der Waals surface area contributed by atoms with Crippen molar-refractivity contribution in [1.82, 2.24) is 9.80 Å². The highest BCUT2D eigenvalue weighted by Crippen LogP contribution is 2.19. The highest BCUT2D eigenvalue weighted by atomic mass is 16.3. The molecule has 0 atom stereocenters. The first kappa shape index (κ1) is 16.8. The molecule has 1 aromatic carbocycles. The van der Waals surface area contributed by atoms with Gasteiger partial charge in [-0.3, -0.25) is 9.69 Å². The predicted molar refractivity (Wildman–Crippen MR) is 88.9 cm³/mol. The van der Waals surface area contributed by atoms with Crippen LogP contribution in [0, 0.1) is 0 Å². The second-order valence-electron chi connectivity index (χ2n) is 6.31. The lowest BCUT2D eigenvalue weighted by Crippen LogP contribution is -2.44. The number of carbonyl (C=O) groups is 1. The van der Waals surface area contributed by atoms with Gasteiger partial charge in [-0.2, -0.15) is 0 Å². The van der Waals surface area contributed by atoms with Gasteiger partial charge in [-0.1, -0.05) is 18.2 Å². The molecule has 2 rings (SSSR count). The normalized spacial score (nSPS) is 16.1. The van der Waals surface area contributed by atoms with E-state index in [1.54, 1.807) is 0 Å². The van der Waals surface area contributed by atoms with Gasteiger partial charge in [0, 0.05) is 39.4 Å². The van der Waals surface area contributed by atoms with Gasteiger partial charge < -0.3 is 14.9 Å². The molecule has 0 spiro atoms. The van der Waals surface area contributed by atoms with Crippen LogP contribution in [0.4, 0.5) is 5.69 Å². The van der Waals surface area contributed by atoms with E-state index in [4.69, 9.17) is 0 Å². The van der Waals surface area contributed by atoms with Crippen molar-refractivity contribution >= 4 is 11.6 Å². The van der Waals surface area contributed by atoms with Crippen molar-refractivity contribution in [2.45, 2.75) is 25.5 Å². The molecular weight excluding hydrogens is 278 g/mol. The topological polar surface area (TPSA) is 47.0 Å². The van der Waals surface area contributed by atoms with Crippen LogP contribution in [0.2, 0.25) is 0 Å². The van der Waals surface area contributed by atoms with Crippen LogP contribution in [-0.4, -0.2) is 67.7 Å². The summed E-state index contributed by atoms with van der Waals surface area (Å²) in [5, 5.41) is 9.51. The van der Waals surface area contributed by atoms with Crippen molar-refractivity contribution in [1.29, 1.82) is 0 Å². The lowest BCUT2D eigenvalue weighted by molar-refractivity contribution is -0.134. The second-order valence-corrected chi connectivity index (χ2v) is 6.31. The van der Waals surface area contributed by atoms with E-state index in [1.165, 1.54) is 11.3 Å². The first-order chi connectivity index (χ1) is 10.5. The molecule has 0 aliphatic carbocycles. The molecule has 1 fully saturated rings. The molecule has 1 heterocycles. The largest absolute Gasteiger partial charge is 0.393 e. The zero-order valence-corrected chi connectivity index (χ0v) is 13.8. The van der Waals surface area contributed by atoms with E-state index in [0.717, 1.165) is 6.54 Å². The fraction of sp³-hybridized carbons (Fsp3) is 0.588. The van der Waals surface area contributed by atoms with Gasteiger partial charge in [0.15, 0.2) is 0 Å². The van der Waals surface area contributed by atoms with E-state index < -0.39 is 0 Å². The van der Waals surface area contributed by atoms with Crippen molar-refractivity contribution in [3.8, 4) is 0 Å². The van der Waals surface area contributed by atoms with Crippen LogP contribution in [0.5, 0.6) is 0 Å². The van der Waals surface area contributed by atoms with Crippen molar-refractivity contribution in [2.75, 3.05) is 45.7 Å². The van der Waals surface area contributed by atoms with Crippen molar-refractivity contribution < 1.29 is 9.90 Å². The number of rotatable bonds is 5. The summed E-state index contributed by atoms with van der Waals surface area (Å²) in [5.74, 6) is 0.150. The average molecular weight is 305 g/mol. The summed E-state index contributed by atoms with van der Waals surface area (Å²) < 4.78 is 0. The molecular formula is C17H27N3O2. The minimum Gasteiger partial charge on any atom is -0.393 e. The van der Waals surface area contributed by atoms with Gasteiger partial charge in [-0.25, -0.2) is 0 Å². The highest BCUT2D eigenvalue weighted by Gasteiger charge is 2.22. The minimum atomic E-state index is -0.242. The number of hydrogen-bond donors (Lipinski definition) is 1. The Morgan fingerprint density at radius 2 is 1.86 bits per heavy atom. The summed E-state index contributed by atoms with van der Waals surface area (Å²) in [5.41, 5.74) is 2.40. The van der Waals surface area contributed by atoms with Crippen molar-refractivity contribution in [3.05, 3.63) is 29.8 Å². The Morgan fingerprint density at radius 1 is 1.23 bits per heavy atom. The Balaban J connectivity index is 1.90. The Kier molecular flexibility index (Phi) is 5.80. The molecule has 0 unspecified atom stereocenters. The Labute approximate surface area is 133 Å². The molecule has 122 valence electrons. The van der Waals surface area contributed by atoms with Crippen LogP contribution in [0.1, 0.15) is 18.4 Å². The lowest BCUT2D eigenvalue weighted by atomic mass is 10.1. The SMILES string of the molecule is CN(CC(=O)N1CCC(O)CC1)Cc1ccccc1N(C)C. The predicted octanol–water partition coefficient (Wildman–Crippen LogP) is 1.17. The molecule has 1 N–H and O–H groups in total. The lowest BCUT2D eigenvalue weighted by Gasteiger charge is -2.31. The van der Waals surface area contributed by atoms with Gasteiger partial charge in [-0.15, -0.1) is 0 Å². The first-order valence-electron chi connectivity index (χ1n) is 7.87. The number of nitrogens with zero attached hydrogens (tertiary/aromatic N) is 3. The van der Waals surface area contributed by atoms with Gasteiger partial charge in [0.1, 0.15) is 0 Å². The number of anilines is 1. The molecule has 1 aromatic rings. The van der Waals surface area contributed by atoms with Gasteiger partial charge in [0.25, 0.3) is 0 Å². The van der Waals surface area contributed by atoms with Crippen LogP contribution >= 0.6 is 0 Å². The van der Waals surface area contributed by atoms with E-state index in [1.807, 2.05) is 38.2 Å². The quantitative estimate of drug-likeness (QED) is 0.887. The van der Waals surface area contributed by atoms with E-state index >= 15 is 0 Å². The molecule has 0 saturated carbocycles. The summed E-state index contributed by atoms with van der Waals surface area (Å²) in [7, 11) is 6.04. The molecule has 22 heavy (non-hydrogen) atoms.